The van der Waals surface area contributed by atoms with Crippen LogP contribution in [0, 0.1) is 25.7 Å². The van der Waals surface area contributed by atoms with Gasteiger partial charge in [0, 0.05) is 11.5 Å². The Hall–Kier alpha value is -1.35. The van der Waals surface area contributed by atoms with E-state index in [0.717, 1.165) is 16.9 Å². The molecule has 1 rings (SSSR count). The Morgan fingerprint density at radius 2 is 1.78 bits per heavy atom. The van der Waals surface area contributed by atoms with E-state index < -0.39 is 0 Å². The first kappa shape index (κ1) is 14.7. The van der Waals surface area contributed by atoms with Crippen molar-refractivity contribution in [3.05, 3.63) is 28.8 Å². The molecule has 0 saturated carbocycles. The lowest BCUT2D eigenvalue weighted by Crippen LogP contribution is -2.24. The quantitative estimate of drug-likeness (QED) is 0.817. The summed E-state index contributed by atoms with van der Waals surface area (Å²) in [6.07, 6.45) is 0. The second-order valence-corrected chi connectivity index (χ2v) is 5.04. The molecule has 0 fully saturated rings. The summed E-state index contributed by atoms with van der Waals surface area (Å²) in [6.45, 7) is 7.63. The molecule has 0 saturated heterocycles. The van der Waals surface area contributed by atoms with Gasteiger partial charge >= 0.3 is 0 Å². The lowest BCUT2D eigenvalue weighted by atomic mass is 9.87. The number of carbonyl (C=O) groups excluding carboxylic acids is 1. The normalized spacial score (nSPS) is 12.6. The SMILES string of the molecule is COc1c(C)cc(C(=O)C(CO)C(C)C)cc1C. The van der Waals surface area contributed by atoms with Crippen molar-refractivity contribution in [3.8, 4) is 5.75 Å². The van der Waals surface area contributed by atoms with Crippen molar-refractivity contribution in [2.45, 2.75) is 27.7 Å². The fraction of sp³-hybridized carbons (Fsp3) is 0.533. The summed E-state index contributed by atoms with van der Waals surface area (Å²) in [5.41, 5.74) is 2.54. The fourth-order valence-corrected chi connectivity index (χ4v) is 2.23. The predicted molar refractivity (Wildman–Crippen MR) is 72.2 cm³/mol. The Kier molecular flexibility index (Phi) is 4.91. The molecule has 1 atom stereocenters. The number of aryl methyl sites for hydroxylation is 2. The number of ether oxygens (including phenoxy) is 1. The first-order valence-corrected chi connectivity index (χ1v) is 6.22. The van der Waals surface area contributed by atoms with E-state index in [1.807, 2.05) is 39.8 Å². The van der Waals surface area contributed by atoms with Crippen molar-refractivity contribution >= 4 is 5.78 Å². The number of carbonyl (C=O) groups is 1. The molecule has 0 aliphatic heterocycles. The van der Waals surface area contributed by atoms with E-state index in [0.29, 0.717) is 5.56 Å². The number of rotatable bonds is 5. The average Bonchev–Trinajstić information content (AvgIpc) is 2.28. The number of hydrogen-bond donors (Lipinski definition) is 1. The van der Waals surface area contributed by atoms with Crippen LogP contribution >= 0.6 is 0 Å². The molecule has 1 N–H and O–H groups in total. The molecular formula is C15H22O3. The van der Waals surface area contributed by atoms with Crippen molar-refractivity contribution in [1.82, 2.24) is 0 Å². The van der Waals surface area contributed by atoms with Gasteiger partial charge in [0.2, 0.25) is 0 Å². The van der Waals surface area contributed by atoms with Gasteiger partial charge in [0.15, 0.2) is 5.78 Å². The molecule has 18 heavy (non-hydrogen) atoms. The van der Waals surface area contributed by atoms with Crippen LogP contribution in [0.3, 0.4) is 0 Å². The maximum atomic E-state index is 12.3. The zero-order valence-electron chi connectivity index (χ0n) is 11.8. The molecule has 0 spiro atoms. The molecule has 1 aromatic carbocycles. The first-order valence-electron chi connectivity index (χ1n) is 6.22. The molecule has 3 nitrogen and oxygen atoms in total. The maximum absolute atomic E-state index is 12.3. The number of aliphatic hydroxyl groups is 1. The van der Waals surface area contributed by atoms with E-state index in [9.17, 15) is 9.90 Å². The van der Waals surface area contributed by atoms with Crippen molar-refractivity contribution in [2.75, 3.05) is 13.7 Å². The van der Waals surface area contributed by atoms with Crippen LogP contribution in [-0.2, 0) is 0 Å². The third kappa shape index (κ3) is 2.91. The highest BCUT2D eigenvalue weighted by Crippen LogP contribution is 2.26. The summed E-state index contributed by atoms with van der Waals surface area (Å²) < 4.78 is 5.28. The highest BCUT2D eigenvalue weighted by atomic mass is 16.5. The van der Waals surface area contributed by atoms with Crippen LogP contribution in [-0.4, -0.2) is 24.6 Å². The summed E-state index contributed by atoms with van der Waals surface area (Å²) in [5.74, 6) is 0.611. The van der Waals surface area contributed by atoms with Crippen molar-refractivity contribution in [2.24, 2.45) is 11.8 Å². The molecular weight excluding hydrogens is 228 g/mol. The standard InChI is InChI=1S/C15H22O3/c1-9(2)13(8-16)14(17)12-6-10(3)15(18-5)11(4)7-12/h6-7,9,13,16H,8H2,1-5H3. The molecule has 0 heterocycles. The third-order valence-electron chi connectivity index (χ3n) is 3.29. The van der Waals surface area contributed by atoms with Crippen molar-refractivity contribution < 1.29 is 14.6 Å². The van der Waals surface area contributed by atoms with E-state index >= 15 is 0 Å². The number of hydrogen-bond acceptors (Lipinski definition) is 3. The topological polar surface area (TPSA) is 46.5 Å². The zero-order chi connectivity index (χ0) is 13.9. The second kappa shape index (κ2) is 6.01. The first-order chi connectivity index (χ1) is 8.42. The molecule has 1 aromatic rings. The Morgan fingerprint density at radius 1 is 1.28 bits per heavy atom. The minimum atomic E-state index is -0.336. The van der Waals surface area contributed by atoms with Crippen LogP contribution in [0.4, 0.5) is 0 Å². The van der Waals surface area contributed by atoms with E-state index in [2.05, 4.69) is 0 Å². The molecule has 100 valence electrons. The molecule has 3 heteroatoms. The summed E-state index contributed by atoms with van der Waals surface area (Å²) in [7, 11) is 1.63. The minimum absolute atomic E-state index is 0.00125. The minimum Gasteiger partial charge on any atom is -0.496 e. The number of aliphatic hydroxyl groups excluding tert-OH is 1. The fourth-order valence-electron chi connectivity index (χ4n) is 2.23. The second-order valence-electron chi connectivity index (χ2n) is 5.04. The van der Waals surface area contributed by atoms with Gasteiger partial charge in [-0.3, -0.25) is 4.79 Å². The number of ketones is 1. The molecule has 0 amide bonds. The van der Waals surface area contributed by atoms with Gasteiger partial charge in [-0.25, -0.2) is 0 Å². The summed E-state index contributed by atoms with van der Waals surface area (Å²) in [6, 6.07) is 3.67. The molecule has 0 aromatic heterocycles. The molecule has 0 bridgehead atoms. The highest BCUT2D eigenvalue weighted by molar-refractivity contribution is 5.98. The van der Waals surface area contributed by atoms with Gasteiger partial charge in [-0.2, -0.15) is 0 Å². The van der Waals surface area contributed by atoms with Gasteiger partial charge in [0.25, 0.3) is 0 Å². The van der Waals surface area contributed by atoms with Gasteiger partial charge in [-0.05, 0) is 43.0 Å². The molecule has 0 aliphatic rings. The third-order valence-corrected chi connectivity index (χ3v) is 3.29. The maximum Gasteiger partial charge on any atom is 0.168 e. The summed E-state index contributed by atoms with van der Waals surface area (Å²) in [4.78, 5) is 12.3. The summed E-state index contributed by atoms with van der Waals surface area (Å²) in [5, 5.41) is 9.32. The Balaban J connectivity index is 3.15. The van der Waals surface area contributed by atoms with Gasteiger partial charge in [-0.15, -0.1) is 0 Å². The lowest BCUT2D eigenvalue weighted by Gasteiger charge is -2.18. The Bertz CT molecular complexity index is 412. The Morgan fingerprint density at radius 3 is 2.11 bits per heavy atom. The van der Waals surface area contributed by atoms with E-state index in [4.69, 9.17) is 4.74 Å². The lowest BCUT2D eigenvalue weighted by molar-refractivity contribution is 0.0806. The van der Waals surface area contributed by atoms with Crippen LogP contribution in [0.15, 0.2) is 12.1 Å². The van der Waals surface area contributed by atoms with Crippen LogP contribution in [0.1, 0.15) is 35.3 Å². The van der Waals surface area contributed by atoms with Crippen LogP contribution in [0.25, 0.3) is 0 Å². The molecule has 1 unspecified atom stereocenters. The summed E-state index contributed by atoms with van der Waals surface area (Å²) >= 11 is 0. The predicted octanol–water partition coefficient (Wildman–Crippen LogP) is 2.76. The van der Waals surface area contributed by atoms with Gasteiger partial charge < -0.3 is 9.84 Å². The highest BCUT2D eigenvalue weighted by Gasteiger charge is 2.23. The molecule has 0 radical (unpaired) electrons. The number of methoxy groups -OCH3 is 1. The van der Waals surface area contributed by atoms with Gasteiger partial charge in [0.1, 0.15) is 5.75 Å². The largest absolute Gasteiger partial charge is 0.496 e. The van der Waals surface area contributed by atoms with Crippen molar-refractivity contribution in [3.63, 3.8) is 0 Å². The number of Topliss-reactive ketones (excluding diaryl/α,β-unsaturated/α-hetero) is 1. The van der Waals surface area contributed by atoms with Gasteiger partial charge in [-0.1, -0.05) is 13.8 Å². The van der Waals surface area contributed by atoms with Gasteiger partial charge in [0.05, 0.1) is 13.7 Å². The average molecular weight is 250 g/mol. The van der Waals surface area contributed by atoms with Crippen LogP contribution < -0.4 is 4.74 Å². The van der Waals surface area contributed by atoms with E-state index in [1.165, 1.54) is 0 Å². The van der Waals surface area contributed by atoms with Crippen LogP contribution in [0.2, 0.25) is 0 Å². The monoisotopic (exact) mass is 250 g/mol. The Labute approximate surface area is 109 Å². The zero-order valence-corrected chi connectivity index (χ0v) is 11.8. The van der Waals surface area contributed by atoms with Crippen molar-refractivity contribution in [1.29, 1.82) is 0 Å². The van der Waals surface area contributed by atoms with E-state index in [-0.39, 0.29) is 24.2 Å². The van der Waals surface area contributed by atoms with E-state index in [1.54, 1.807) is 7.11 Å². The number of benzene rings is 1. The van der Waals surface area contributed by atoms with Crippen LogP contribution in [0.5, 0.6) is 5.75 Å². The molecule has 0 aliphatic carbocycles. The smallest absolute Gasteiger partial charge is 0.168 e.